The Bertz CT molecular complexity index is 160. The third-order valence-corrected chi connectivity index (χ3v) is 2.93. The SMILES string of the molecule is [O-]C1N2CCNCCNCCN1CC2. The van der Waals surface area contributed by atoms with Crippen molar-refractivity contribution in [3.8, 4) is 0 Å². The van der Waals surface area contributed by atoms with Gasteiger partial charge in [-0.1, -0.05) is 0 Å². The van der Waals surface area contributed by atoms with Crippen molar-refractivity contribution in [3.63, 3.8) is 0 Å². The fourth-order valence-electron chi connectivity index (χ4n) is 2.03. The van der Waals surface area contributed by atoms with E-state index in [4.69, 9.17) is 0 Å². The number of nitrogens with zero attached hydrogens (tertiary/aromatic N) is 2. The lowest BCUT2D eigenvalue weighted by molar-refractivity contribution is -0.483. The smallest absolute Gasteiger partial charge is 0.0112 e. The fourth-order valence-corrected chi connectivity index (χ4v) is 2.03. The zero-order valence-corrected chi connectivity index (χ0v) is 8.54. The first-order valence-corrected chi connectivity index (χ1v) is 5.43. The third kappa shape index (κ3) is 2.43. The van der Waals surface area contributed by atoms with Crippen molar-refractivity contribution in [1.29, 1.82) is 0 Å². The van der Waals surface area contributed by atoms with Crippen LogP contribution < -0.4 is 15.7 Å². The second-order valence-electron chi connectivity index (χ2n) is 3.90. The summed E-state index contributed by atoms with van der Waals surface area (Å²) in [7, 11) is 0. The van der Waals surface area contributed by atoms with E-state index in [1.54, 1.807) is 0 Å². The van der Waals surface area contributed by atoms with Crippen molar-refractivity contribution in [2.45, 2.75) is 6.35 Å². The number of hydrogen-bond donors (Lipinski definition) is 2. The molecule has 0 spiro atoms. The number of nitrogens with one attached hydrogen (secondary N) is 2. The molecule has 2 heterocycles. The van der Waals surface area contributed by atoms with Crippen LogP contribution in [-0.2, 0) is 0 Å². The minimum absolute atomic E-state index is 0.614. The van der Waals surface area contributed by atoms with Crippen LogP contribution >= 0.6 is 0 Å². The van der Waals surface area contributed by atoms with Crippen LogP contribution in [0.25, 0.3) is 0 Å². The van der Waals surface area contributed by atoms with Crippen molar-refractivity contribution >= 4 is 0 Å². The summed E-state index contributed by atoms with van der Waals surface area (Å²) in [5.74, 6) is 0. The Morgan fingerprint density at radius 1 is 0.786 bits per heavy atom. The summed E-state index contributed by atoms with van der Waals surface area (Å²) in [6.45, 7) is 7.46. The zero-order chi connectivity index (χ0) is 9.80. The van der Waals surface area contributed by atoms with Crippen molar-refractivity contribution in [3.05, 3.63) is 0 Å². The van der Waals surface area contributed by atoms with Crippen molar-refractivity contribution in [2.75, 3.05) is 52.4 Å². The van der Waals surface area contributed by atoms with Crippen LogP contribution in [0.3, 0.4) is 0 Å². The molecule has 2 bridgehead atoms. The summed E-state index contributed by atoms with van der Waals surface area (Å²) in [5, 5.41) is 18.5. The van der Waals surface area contributed by atoms with Gasteiger partial charge in [0.2, 0.25) is 0 Å². The maximum absolute atomic E-state index is 11.8. The van der Waals surface area contributed by atoms with Gasteiger partial charge in [-0.05, 0) is 6.35 Å². The highest BCUT2D eigenvalue weighted by Gasteiger charge is 2.22. The van der Waals surface area contributed by atoms with Crippen LogP contribution in [0.1, 0.15) is 0 Å². The summed E-state index contributed by atoms with van der Waals surface area (Å²) in [4.78, 5) is 4.02. The van der Waals surface area contributed by atoms with Gasteiger partial charge >= 0.3 is 0 Å². The topological polar surface area (TPSA) is 53.6 Å². The lowest BCUT2D eigenvalue weighted by atomic mass is 10.4. The van der Waals surface area contributed by atoms with Gasteiger partial charge in [0.25, 0.3) is 0 Å². The highest BCUT2D eigenvalue weighted by atomic mass is 16.3. The molecule has 0 amide bonds. The molecule has 2 aliphatic heterocycles. The second kappa shape index (κ2) is 5.04. The van der Waals surface area contributed by atoms with E-state index in [2.05, 4.69) is 10.6 Å². The van der Waals surface area contributed by atoms with Gasteiger partial charge in [-0.3, -0.25) is 0 Å². The Hall–Kier alpha value is -0.200. The Morgan fingerprint density at radius 3 is 1.79 bits per heavy atom. The minimum Gasteiger partial charge on any atom is -0.829 e. The number of hydrogen-bond acceptors (Lipinski definition) is 5. The third-order valence-electron chi connectivity index (χ3n) is 2.93. The largest absolute Gasteiger partial charge is 0.829 e. The number of rotatable bonds is 0. The maximum Gasteiger partial charge on any atom is 0.0112 e. The molecule has 0 aliphatic carbocycles. The van der Waals surface area contributed by atoms with E-state index in [1.807, 2.05) is 9.80 Å². The highest BCUT2D eigenvalue weighted by Crippen LogP contribution is 2.08. The van der Waals surface area contributed by atoms with Gasteiger partial charge in [0.1, 0.15) is 0 Å². The molecule has 2 saturated heterocycles. The maximum atomic E-state index is 11.8. The van der Waals surface area contributed by atoms with E-state index in [0.29, 0.717) is 0 Å². The van der Waals surface area contributed by atoms with Crippen LogP contribution in [0.5, 0.6) is 0 Å². The molecule has 82 valence electrons. The molecule has 2 aliphatic rings. The zero-order valence-electron chi connectivity index (χ0n) is 8.54. The summed E-state index contributed by atoms with van der Waals surface area (Å²) in [6.07, 6.45) is -0.614. The summed E-state index contributed by atoms with van der Waals surface area (Å²) >= 11 is 0. The first kappa shape index (κ1) is 10.3. The first-order chi connectivity index (χ1) is 6.88. The second-order valence-corrected chi connectivity index (χ2v) is 3.90. The molecule has 2 N–H and O–H groups in total. The Labute approximate surface area is 85.1 Å². The molecular weight excluding hydrogens is 180 g/mol. The summed E-state index contributed by atoms with van der Waals surface area (Å²) in [5.41, 5.74) is 0. The van der Waals surface area contributed by atoms with E-state index >= 15 is 0 Å². The fraction of sp³-hybridized carbons (Fsp3) is 1.00. The summed E-state index contributed by atoms with van der Waals surface area (Å²) < 4.78 is 0. The van der Waals surface area contributed by atoms with Gasteiger partial charge in [-0.15, -0.1) is 0 Å². The van der Waals surface area contributed by atoms with Crippen molar-refractivity contribution in [2.24, 2.45) is 0 Å². The lowest BCUT2D eigenvalue weighted by Gasteiger charge is -2.35. The van der Waals surface area contributed by atoms with Gasteiger partial charge in [0, 0.05) is 52.4 Å². The quantitative estimate of drug-likeness (QED) is 0.449. The molecule has 2 unspecified atom stereocenters. The molecular formula is C9H19N4O-. The summed E-state index contributed by atoms with van der Waals surface area (Å²) in [6, 6.07) is 0. The molecule has 0 aromatic heterocycles. The monoisotopic (exact) mass is 199 g/mol. The molecule has 0 aromatic carbocycles. The van der Waals surface area contributed by atoms with Gasteiger partial charge in [-0.2, -0.15) is 0 Å². The van der Waals surface area contributed by atoms with E-state index in [1.165, 1.54) is 0 Å². The molecule has 0 saturated carbocycles. The standard InChI is InChI=1S/C9H19N4O/c14-9-12-5-3-10-1-2-11-4-6-13(9)8-7-12/h9-11H,1-8H2/q-1. The van der Waals surface area contributed by atoms with Crippen LogP contribution in [0.2, 0.25) is 0 Å². The van der Waals surface area contributed by atoms with Crippen molar-refractivity contribution in [1.82, 2.24) is 20.4 Å². The molecule has 14 heavy (non-hydrogen) atoms. The van der Waals surface area contributed by atoms with Gasteiger partial charge in [0.05, 0.1) is 0 Å². The van der Waals surface area contributed by atoms with E-state index < -0.39 is 6.35 Å². The molecule has 0 radical (unpaired) electrons. The Balaban J connectivity index is 1.88. The van der Waals surface area contributed by atoms with Crippen molar-refractivity contribution < 1.29 is 5.11 Å². The molecule has 2 rings (SSSR count). The predicted molar refractivity (Wildman–Crippen MR) is 52.7 cm³/mol. The van der Waals surface area contributed by atoms with Crippen LogP contribution in [0, 0.1) is 0 Å². The van der Waals surface area contributed by atoms with E-state index in [0.717, 1.165) is 52.4 Å². The highest BCUT2D eigenvalue weighted by molar-refractivity contribution is 4.76. The molecule has 0 aromatic rings. The Kier molecular flexibility index (Phi) is 3.72. The molecule has 2 atom stereocenters. The van der Waals surface area contributed by atoms with Crippen LogP contribution in [0.4, 0.5) is 0 Å². The van der Waals surface area contributed by atoms with E-state index in [9.17, 15) is 5.11 Å². The Morgan fingerprint density at radius 2 is 1.29 bits per heavy atom. The average molecular weight is 199 g/mol. The van der Waals surface area contributed by atoms with Crippen LogP contribution in [0.15, 0.2) is 0 Å². The first-order valence-electron chi connectivity index (χ1n) is 5.43. The molecule has 5 heteroatoms. The molecule has 2 fully saturated rings. The van der Waals surface area contributed by atoms with E-state index in [-0.39, 0.29) is 0 Å². The normalized spacial score (nSPS) is 40.5. The average Bonchev–Trinajstić information content (AvgIpc) is 2.48. The van der Waals surface area contributed by atoms with Crippen LogP contribution in [-0.4, -0.2) is 68.5 Å². The lowest BCUT2D eigenvalue weighted by Crippen LogP contribution is -2.51. The number of fused-ring (bicyclic) bond motifs is 2. The molecule has 5 nitrogen and oxygen atoms in total. The predicted octanol–water partition coefficient (Wildman–Crippen LogP) is -2.56. The van der Waals surface area contributed by atoms with Gasteiger partial charge < -0.3 is 25.5 Å². The van der Waals surface area contributed by atoms with Gasteiger partial charge in [0.15, 0.2) is 0 Å². The van der Waals surface area contributed by atoms with Gasteiger partial charge in [-0.25, -0.2) is 0 Å². The minimum atomic E-state index is -0.614.